The van der Waals surface area contributed by atoms with E-state index < -0.39 is 0 Å². The van der Waals surface area contributed by atoms with Crippen molar-refractivity contribution in [1.29, 1.82) is 0 Å². The van der Waals surface area contributed by atoms with Crippen molar-refractivity contribution < 1.29 is 9.53 Å². The summed E-state index contributed by atoms with van der Waals surface area (Å²) in [7, 11) is 0. The van der Waals surface area contributed by atoms with Gasteiger partial charge in [-0.25, -0.2) is 4.98 Å². The van der Waals surface area contributed by atoms with Crippen LogP contribution in [0.2, 0.25) is 0 Å². The minimum absolute atomic E-state index is 0.160. The number of nitrogens with two attached hydrogens (primary N) is 1. The van der Waals surface area contributed by atoms with Crippen LogP contribution >= 0.6 is 0 Å². The highest BCUT2D eigenvalue weighted by atomic mass is 16.5. The lowest BCUT2D eigenvalue weighted by atomic mass is 10.1. The van der Waals surface area contributed by atoms with E-state index in [-0.39, 0.29) is 19.0 Å². The number of ether oxygens (including phenoxy) is 1. The molecule has 0 spiro atoms. The summed E-state index contributed by atoms with van der Waals surface area (Å²) in [6.07, 6.45) is 3.91. The molecule has 5 heteroatoms. The van der Waals surface area contributed by atoms with Gasteiger partial charge in [0.25, 0.3) is 0 Å². The molecule has 2 heterocycles. The fourth-order valence-electron chi connectivity index (χ4n) is 2.11. The number of carbonyl (C=O) groups excluding carboxylic acids is 1. The zero-order valence-corrected chi connectivity index (χ0v) is 11.4. The molecular weight excluding hydrogens is 266 g/mol. The van der Waals surface area contributed by atoms with E-state index in [0.717, 1.165) is 16.9 Å². The Morgan fingerprint density at radius 3 is 2.81 bits per heavy atom. The molecule has 106 valence electrons. The largest absolute Gasteiger partial charge is 0.459 e. The number of nitrogen functional groups attached to an aromatic ring is 1. The van der Waals surface area contributed by atoms with Gasteiger partial charge in [0, 0.05) is 18.1 Å². The molecule has 3 aromatic rings. The Balaban J connectivity index is 1.62. The van der Waals surface area contributed by atoms with Crippen LogP contribution in [0.1, 0.15) is 11.3 Å². The van der Waals surface area contributed by atoms with Crippen LogP contribution in [0.3, 0.4) is 0 Å². The predicted molar refractivity (Wildman–Crippen MR) is 79.5 cm³/mol. The van der Waals surface area contributed by atoms with Gasteiger partial charge in [-0.05, 0) is 23.8 Å². The summed E-state index contributed by atoms with van der Waals surface area (Å²) in [6.45, 7) is 0.160. The molecule has 1 aromatic carbocycles. The molecule has 0 atom stereocenters. The van der Waals surface area contributed by atoms with E-state index in [1.165, 1.54) is 0 Å². The molecule has 3 rings (SSSR count). The number of hydrogen-bond donors (Lipinski definition) is 1. The van der Waals surface area contributed by atoms with Gasteiger partial charge in [-0.2, -0.15) is 0 Å². The maximum Gasteiger partial charge on any atom is 0.310 e. The first-order valence-electron chi connectivity index (χ1n) is 6.64. The number of imidazole rings is 1. The minimum atomic E-state index is -0.315. The second-order valence-electron chi connectivity index (χ2n) is 4.73. The molecule has 0 saturated heterocycles. The lowest BCUT2D eigenvalue weighted by Gasteiger charge is -2.05. The van der Waals surface area contributed by atoms with E-state index in [9.17, 15) is 4.79 Å². The number of nitrogens with zero attached hydrogens (tertiary/aromatic N) is 2. The first-order valence-corrected chi connectivity index (χ1v) is 6.64. The highest BCUT2D eigenvalue weighted by molar-refractivity contribution is 5.74. The summed E-state index contributed by atoms with van der Waals surface area (Å²) >= 11 is 0. The van der Waals surface area contributed by atoms with E-state index in [2.05, 4.69) is 4.98 Å². The molecule has 21 heavy (non-hydrogen) atoms. The van der Waals surface area contributed by atoms with E-state index in [1.54, 1.807) is 6.07 Å². The number of para-hydroxylation sites is 1. The first kappa shape index (κ1) is 13.2. The molecule has 2 N–H and O–H groups in total. The number of pyridine rings is 1. The number of benzene rings is 1. The van der Waals surface area contributed by atoms with Gasteiger partial charge in [0.05, 0.1) is 12.1 Å². The zero-order chi connectivity index (χ0) is 14.7. The molecule has 0 unspecified atom stereocenters. The Kier molecular flexibility index (Phi) is 3.55. The van der Waals surface area contributed by atoms with Gasteiger partial charge in [-0.1, -0.05) is 24.3 Å². The normalized spacial score (nSPS) is 10.7. The molecule has 0 saturated carbocycles. The van der Waals surface area contributed by atoms with Crippen molar-refractivity contribution in [2.75, 3.05) is 5.73 Å². The Bertz CT molecular complexity index is 747. The molecule has 0 amide bonds. The summed E-state index contributed by atoms with van der Waals surface area (Å²) in [4.78, 5) is 16.2. The van der Waals surface area contributed by atoms with Gasteiger partial charge in [0.2, 0.25) is 0 Å². The fourth-order valence-corrected chi connectivity index (χ4v) is 2.11. The smallest absolute Gasteiger partial charge is 0.310 e. The van der Waals surface area contributed by atoms with Crippen LogP contribution in [0.4, 0.5) is 5.69 Å². The van der Waals surface area contributed by atoms with Crippen LogP contribution < -0.4 is 5.73 Å². The second-order valence-corrected chi connectivity index (χ2v) is 4.73. The maximum atomic E-state index is 11.8. The molecule has 0 radical (unpaired) electrons. The Labute approximate surface area is 122 Å². The predicted octanol–water partition coefficient (Wildman–Crippen LogP) is 2.20. The van der Waals surface area contributed by atoms with Crippen LogP contribution in [0.5, 0.6) is 0 Å². The summed E-state index contributed by atoms with van der Waals surface area (Å²) in [6, 6.07) is 13.0. The van der Waals surface area contributed by atoms with Gasteiger partial charge < -0.3 is 14.9 Å². The van der Waals surface area contributed by atoms with Gasteiger partial charge in [-0.15, -0.1) is 0 Å². The van der Waals surface area contributed by atoms with E-state index in [1.807, 2.05) is 53.2 Å². The van der Waals surface area contributed by atoms with Gasteiger partial charge in [0.1, 0.15) is 12.3 Å². The quantitative estimate of drug-likeness (QED) is 0.588. The summed E-state index contributed by atoms with van der Waals surface area (Å²) in [5.41, 5.74) is 8.73. The Morgan fingerprint density at radius 1 is 1.19 bits per heavy atom. The highest BCUT2D eigenvalue weighted by Gasteiger charge is 2.09. The number of anilines is 1. The number of fused-ring (bicyclic) bond motifs is 1. The molecule has 0 aliphatic carbocycles. The number of hydrogen-bond acceptors (Lipinski definition) is 4. The summed E-state index contributed by atoms with van der Waals surface area (Å²) < 4.78 is 7.13. The SMILES string of the molecule is Nc1ccccc1CC(=O)OCc1cn2ccccc2n1. The molecule has 0 aliphatic rings. The van der Waals surface area contributed by atoms with Crippen molar-refractivity contribution in [3.8, 4) is 0 Å². The fraction of sp³-hybridized carbons (Fsp3) is 0.125. The third-order valence-corrected chi connectivity index (χ3v) is 3.18. The Morgan fingerprint density at radius 2 is 2.00 bits per heavy atom. The second kappa shape index (κ2) is 5.66. The number of esters is 1. The van der Waals surface area contributed by atoms with E-state index >= 15 is 0 Å². The number of rotatable bonds is 4. The van der Waals surface area contributed by atoms with Crippen molar-refractivity contribution in [1.82, 2.24) is 9.38 Å². The van der Waals surface area contributed by atoms with Crippen molar-refractivity contribution in [2.45, 2.75) is 13.0 Å². The van der Waals surface area contributed by atoms with Gasteiger partial charge in [0.15, 0.2) is 0 Å². The summed E-state index contributed by atoms with van der Waals surface area (Å²) in [5, 5.41) is 0. The topological polar surface area (TPSA) is 69.6 Å². The average molecular weight is 281 g/mol. The molecular formula is C16H15N3O2. The zero-order valence-electron chi connectivity index (χ0n) is 11.4. The molecule has 0 aliphatic heterocycles. The summed E-state index contributed by atoms with van der Waals surface area (Å²) in [5.74, 6) is -0.315. The van der Waals surface area contributed by atoms with E-state index in [4.69, 9.17) is 10.5 Å². The third kappa shape index (κ3) is 3.02. The molecule has 0 bridgehead atoms. The monoisotopic (exact) mass is 281 g/mol. The number of carbonyl (C=O) groups is 1. The molecule has 0 fully saturated rings. The average Bonchev–Trinajstić information content (AvgIpc) is 2.90. The molecule has 5 nitrogen and oxygen atoms in total. The van der Waals surface area contributed by atoms with Crippen molar-refractivity contribution in [2.24, 2.45) is 0 Å². The standard InChI is InChI=1S/C16H15N3O2/c17-14-6-2-1-5-12(14)9-16(20)21-11-13-10-19-8-4-3-7-15(19)18-13/h1-8,10H,9,11,17H2. The van der Waals surface area contributed by atoms with Crippen LogP contribution in [0.25, 0.3) is 5.65 Å². The minimum Gasteiger partial charge on any atom is -0.459 e. The van der Waals surface area contributed by atoms with E-state index in [0.29, 0.717) is 5.69 Å². The maximum absolute atomic E-state index is 11.8. The van der Waals surface area contributed by atoms with Crippen LogP contribution in [-0.2, 0) is 22.6 Å². The lowest BCUT2D eigenvalue weighted by Crippen LogP contribution is -2.09. The van der Waals surface area contributed by atoms with Crippen molar-refractivity contribution in [3.05, 3.63) is 66.1 Å². The van der Waals surface area contributed by atoms with Gasteiger partial charge >= 0.3 is 5.97 Å². The van der Waals surface area contributed by atoms with Crippen LogP contribution in [0.15, 0.2) is 54.9 Å². The third-order valence-electron chi connectivity index (χ3n) is 3.18. The van der Waals surface area contributed by atoms with Crippen molar-refractivity contribution in [3.63, 3.8) is 0 Å². The van der Waals surface area contributed by atoms with Crippen LogP contribution in [0, 0.1) is 0 Å². The first-order chi connectivity index (χ1) is 10.2. The highest BCUT2D eigenvalue weighted by Crippen LogP contribution is 2.12. The van der Waals surface area contributed by atoms with Gasteiger partial charge in [-0.3, -0.25) is 4.79 Å². The Hall–Kier alpha value is -2.82. The number of aromatic nitrogens is 2. The van der Waals surface area contributed by atoms with Crippen LogP contribution in [-0.4, -0.2) is 15.4 Å². The molecule has 2 aromatic heterocycles. The lowest BCUT2D eigenvalue weighted by molar-refractivity contribution is -0.144. The van der Waals surface area contributed by atoms with Crippen molar-refractivity contribution >= 4 is 17.3 Å².